The summed E-state index contributed by atoms with van der Waals surface area (Å²) in [5.41, 5.74) is 0.194. The molecule has 1 aliphatic heterocycles. The Labute approximate surface area is 182 Å². The van der Waals surface area contributed by atoms with Crippen molar-refractivity contribution in [2.24, 2.45) is 10.4 Å². The SMILES string of the molecule is CCOC1CC(NC(=NC)NCCS(=O)(=O)NCC2CCCCO2)C12CCCCC2. The van der Waals surface area contributed by atoms with Crippen LogP contribution < -0.4 is 15.4 Å². The quantitative estimate of drug-likeness (QED) is 0.370. The van der Waals surface area contributed by atoms with Gasteiger partial charge < -0.3 is 20.1 Å². The predicted molar refractivity (Wildman–Crippen MR) is 119 cm³/mol. The molecule has 30 heavy (non-hydrogen) atoms. The third kappa shape index (κ3) is 6.08. The average molecular weight is 445 g/mol. The Bertz CT molecular complexity index is 658. The van der Waals surface area contributed by atoms with Crippen molar-refractivity contribution in [1.29, 1.82) is 0 Å². The fraction of sp³-hybridized carbons (Fsp3) is 0.952. The van der Waals surface area contributed by atoms with Crippen LogP contribution in [0.3, 0.4) is 0 Å². The van der Waals surface area contributed by atoms with Crippen LogP contribution in [0.15, 0.2) is 4.99 Å². The third-order valence-corrected chi connectivity index (χ3v) is 8.29. The third-order valence-electron chi connectivity index (χ3n) is 6.94. The summed E-state index contributed by atoms with van der Waals surface area (Å²) in [5.74, 6) is 0.684. The molecule has 9 heteroatoms. The molecular weight excluding hydrogens is 404 g/mol. The minimum absolute atomic E-state index is 0.000462. The molecule has 3 fully saturated rings. The van der Waals surface area contributed by atoms with E-state index >= 15 is 0 Å². The highest BCUT2D eigenvalue weighted by Crippen LogP contribution is 2.53. The van der Waals surface area contributed by atoms with Gasteiger partial charge in [0.2, 0.25) is 10.0 Å². The summed E-state index contributed by atoms with van der Waals surface area (Å²) in [6.45, 7) is 4.21. The van der Waals surface area contributed by atoms with Gasteiger partial charge in [-0.15, -0.1) is 0 Å². The molecule has 8 nitrogen and oxygen atoms in total. The molecule has 3 rings (SSSR count). The summed E-state index contributed by atoms with van der Waals surface area (Å²) in [5, 5.41) is 6.72. The molecule has 0 radical (unpaired) electrons. The van der Waals surface area contributed by atoms with Gasteiger partial charge in [0.05, 0.1) is 18.0 Å². The van der Waals surface area contributed by atoms with Crippen LogP contribution in [0, 0.1) is 5.41 Å². The highest BCUT2D eigenvalue weighted by molar-refractivity contribution is 7.89. The van der Waals surface area contributed by atoms with E-state index in [1.807, 2.05) is 0 Å². The molecule has 0 aromatic heterocycles. The molecule has 1 saturated heterocycles. The first-order valence-electron chi connectivity index (χ1n) is 11.7. The van der Waals surface area contributed by atoms with E-state index in [9.17, 15) is 8.42 Å². The zero-order valence-electron chi connectivity index (χ0n) is 18.6. The van der Waals surface area contributed by atoms with Crippen molar-refractivity contribution < 1.29 is 17.9 Å². The lowest BCUT2D eigenvalue weighted by molar-refractivity contribution is -0.145. The molecule has 3 N–H and O–H groups in total. The summed E-state index contributed by atoms with van der Waals surface area (Å²) >= 11 is 0. The zero-order valence-corrected chi connectivity index (χ0v) is 19.4. The fourth-order valence-electron chi connectivity index (χ4n) is 5.19. The number of guanidine groups is 1. The Kier molecular flexibility index (Phi) is 8.80. The van der Waals surface area contributed by atoms with Crippen molar-refractivity contribution in [2.45, 2.75) is 83.0 Å². The summed E-state index contributed by atoms with van der Waals surface area (Å²) < 4.78 is 38.9. The molecule has 3 atom stereocenters. The van der Waals surface area contributed by atoms with Crippen LogP contribution >= 0.6 is 0 Å². The van der Waals surface area contributed by atoms with Gasteiger partial charge in [-0.3, -0.25) is 4.99 Å². The second kappa shape index (κ2) is 11.1. The highest BCUT2D eigenvalue weighted by atomic mass is 32.2. The number of hydrogen-bond donors (Lipinski definition) is 3. The Morgan fingerprint density at radius 1 is 1.20 bits per heavy atom. The van der Waals surface area contributed by atoms with Crippen molar-refractivity contribution in [3.63, 3.8) is 0 Å². The fourth-order valence-corrected chi connectivity index (χ4v) is 6.14. The van der Waals surface area contributed by atoms with Crippen LogP contribution in [0.1, 0.15) is 64.7 Å². The van der Waals surface area contributed by atoms with E-state index in [4.69, 9.17) is 9.47 Å². The van der Waals surface area contributed by atoms with Gasteiger partial charge in [0.1, 0.15) is 0 Å². The van der Waals surface area contributed by atoms with Crippen LogP contribution in [0.5, 0.6) is 0 Å². The Hall–Kier alpha value is -0.900. The zero-order chi connectivity index (χ0) is 21.5. The molecule has 3 aliphatic rings. The summed E-state index contributed by atoms with van der Waals surface area (Å²) in [6, 6.07) is 0.332. The predicted octanol–water partition coefficient (Wildman–Crippen LogP) is 1.77. The summed E-state index contributed by atoms with van der Waals surface area (Å²) in [7, 11) is -1.61. The van der Waals surface area contributed by atoms with Gasteiger partial charge in [0, 0.05) is 44.8 Å². The lowest BCUT2D eigenvalue weighted by Crippen LogP contribution is -2.66. The largest absolute Gasteiger partial charge is 0.378 e. The van der Waals surface area contributed by atoms with E-state index in [-0.39, 0.29) is 17.3 Å². The number of hydrogen-bond acceptors (Lipinski definition) is 5. The van der Waals surface area contributed by atoms with Crippen molar-refractivity contribution in [3.05, 3.63) is 0 Å². The van der Waals surface area contributed by atoms with Gasteiger partial charge in [-0.25, -0.2) is 13.1 Å². The first kappa shape index (κ1) is 23.8. The maximum atomic E-state index is 12.3. The van der Waals surface area contributed by atoms with Crippen LogP contribution in [0.2, 0.25) is 0 Å². The molecular formula is C21H40N4O4S. The van der Waals surface area contributed by atoms with Crippen molar-refractivity contribution >= 4 is 16.0 Å². The van der Waals surface area contributed by atoms with Gasteiger partial charge in [0.15, 0.2) is 5.96 Å². The van der Waals surface area contributed by atoms with Crippen LogP contribution in [-0.2, 0) is 19.5 Å². The maximum absolute atomic E-state index is 12.3. The first-order chi connectivity index (χ1) is 14.5. The van der Waals surface area contributed by atoms with E-state index in [0.29, 0.717) is 31.2 Å². The molecule has 3 unspecified atom stereocenters. The van der Waals surface area contributed by atoms with E-state index in [0.717, 1.165) is 38.9 Å². The van der Waals surface area contributed by atoms with Crippen molar-refractivity contribution in [2.75, 3.05) is 39.1 Å². The van der Waals surface area contributed by atoms with Crippen molar-refractivity contribution in [3.8, 4) is 0 Å². The molecule has 1 spiro atoms. The summed E-state index contributed by atoms with van der Waals surface area (Å²) in [4.78, 5) is 4.32. The van der Waals surface area contributed by atoms with E-state index in [1.165, 1.54) is 32.1 Å². The molecule has 0 aromatic carbocycles. The Morgan fingerprint density at radius 3 is 2.67 bits per heavy atom. The highest BCUT2D eigenvalue weighted by Gasteiger charge is 2.55. The standard InChI is InChI=1S/C21H40N4O4S/c1-3-28-19-15-18(21(19)10-6-4-7-11-21)25-20(22-2)23-12-14-30(26,27)24-16-17-9-5-8-13-29-17/h17-19,24H,3-16H2,1-2H3,(H2,22,23,25). The summed E-state index contributed by atoms with van der Waals surface area (Å²) in [6.07, 6.45) is 10.6. The van der Waals surface area contributed by atoms with Crippen LogP contribution in [0.4, 0.5) is 0 Å². The molecule has 174 valence electrons. The monoisotopic (exact) mass is 444 g/mol. The van der Waals surface area contributed by atoms with Crippen LogP contribution in [0.25, 0.3) is 0 Å². The van der Waals surface area contributed by atoms with Gasteiger partial charge >= 0.3 is 0 Å². The maximum Gasteiger partial charge on any atom is 0.213 e. The molecule has 0 amide bonds. The van der Waals surface area contributed by atoms with Gasteiger partial charge in [-0.05, 0) is 45.4 Å². The smallest absolute Gasteiger partial charge is 0.213 e. The Balaban J connectivity index is 1.43. The minimum Gasteiger partial charge on any atom is -0.378 e. The second-order valence-electron chi connectivity index (χ2n) is 8.83. The Morgan fingerprint density at radius 2 is 2.00 bits per heavy atom. The first-order valence-corrected chi connectivity index (χ1v) is 13.3. The minimum atomic E-state index is -3.34. The molecule has 2 aliphatic carbocycles. The molecule has 1 heterocycles. The number of aliphatic imine (C=N–C) groups is 1. The normalized spacial score (nSPS) is 29.4. The average Bonchev–Trinajstić information content (AvgIpc) is 2.77. The topological polar surface area (TPSA) is 101 Å². The molecule has 0 aromatic rings. The van der Waals surface area contributed by atoms with E-state index in [2.05, 4.69) is 27.3 Å². The van der Waals surface area contributed by atoms with E-state index < -0.39 is 10.0 Å². The molecule has 2 saturated carbocycles. The number of ether oxygens (including phenoxy) is 2. The molecule has 0 bridgehead atoms. The lowest BCUT2D eigenvalue weighted by atomic mass is 9.55. The lowest BCUT2D eigenvalue weighted by Gasteiger charge is -2.57. The van der Waals surface area contributed by atoms with E-state index in [1.54, 1.807) is 7.05 Å². The van der Waals surface area contributed by atoms with Crippen LogP contribution in [-0.4, -0.2) is 71.7 Å². The number of sulfonamides is 1. The number of nitrogens with one attached hydrogen (secondary N) is 3. The van der Waals surface area contributed by atoms with Gasteiger partial charge in [-0.1, -0.05) is 19.3 Å². The van der Waals surface area contributed by atoms with Gasteiger partial charge in [0.25, 0.3) is 0 Å². The van der Waals surface area contributed by atoms with Gasteiger partial charge in [-0.2, -0.15) is 0 Å². The number of rotatable bonds is 9. The second-order valence-corrected chi connectivity index (χ2v) is 10.8. The number of nitrogens with zero attached hydrogens (tertiary/aromatic N) is 1. The van der Waals surface area contributed by atoms with Crippen molar-refractivity contribution in [1.82, 2.24) is 15.4 Å².